The van der Waals surface area contributed by atoms with Crippen LogP contribution in [-0.4, -0.2) is 50.6 Å². The van der Waals surface area contributed by atoms with Gasteiger partial charge >= 0.3 is 24.1 Å². The average molecular weight is 491 g/mol. The van der Waals surface area contributed by atoms with Crippen molar-refractivity contribution in [3.05, 3.63) is 60.2 Å². The molecule has 0 radical (unpaired) electrons. The molecule has 10 heteroatoms. The van der Waals surface area contributed by atoms with E-state index in [9.17, 15) is 19.2 Å². The number of ether oxygens (including phenoxy) is 4. The largest absolute Gasteiger partial charge is 0.463 e. The van der Waals surface area contributed by atoms with Crippen molar-refractivity contribution in [2.75, 3.05) is 26.4 Å². The summed E-state index contributed by atoms with van der Waals surface area (Å²) in [7, 11) is 0. The molecule has 2 N–H and O–H groups in total. The van der Waals surface area contributed by atoms with Crippen LogP contribution in [0.4, 0.5) is 9.59 Å². The minimum atomic E-state index is -0.547. The number of rotatable bonds is 16. The molecule has 0 aliphatic heterocycles. The number of amides is 2. The lowest BCUT2D eigenvalue weighted by molar-refractivity contribution is -0.139. The summed E-state index contributed by atoms with van der Waals surface area (Å²) >= 11 is 0. The summed E-state index contributed by atoms with van der Waals surface area (Å²) in [6.45, 7) is 9.83. The summed E-state index contributed by atoms with van der Waals surface area (Å²) in [4.78, 5) is 45.8. The Balaban J connectivity index is 2.17. The molecule has 35 heavy (non-hydrogen) atoms. The summed E-state index contributed by atoms with van der Waals surface area (Å²) in [6.07, 6.45) is 2.29. The molecule has 0 aliphatic rings. The molecule has 0 aromatic heterocycles. The van der Waals surface area contributed by atoms with Crippen LogP contribution in [0.25, 0.3) is 0 Å². The molecule has 10 nitrogen and oxygen atoms in total. The summed E-state index contributed by atoms with van der Waals surface area (Å²) in [5.74, 6) is -0.910. The SMILES string of the molecule is C=CC(=O)OCCCCOC(=O)NCc1cccc(CNC(=O)OCCCCOC(=O)C(=C)C)c1. The standard InChI is InChI=1S/C25H34N2O8/c1-4-22(28)32-12-5-7-14-34-24(30)26-17-20-10-9-11-21(16-20)18-27-25(31)35-15-8-6-13-33-23(29)19(2)3/h4,9-11,16H,1-2,5-8,12-15,17-18H2,3H3,(H,26,30)(H,27,31). The van der Waals surface area contributed by atoms with E-state index in [4.69, 9.17) is 18.9 Å². The first-order chi connectivity index (χ1) is 16.8. The third kappa shape index (κ3) is 14.8. The predicted octanol–water partition coefficient (Wildman–Crippen LogP) is 3.55. The second kappa shape index (κ2) is 17.6. The summed E-state index contributed by atoms with van der Waals surface area (Å²) < 4.78 is 20.0. The van der Waals surface area contributed by atoms with Gasteiger partial charge in [-0.05, 0) is 43.7 Å². The Hall–Kier alpha value is -3.82. The lowest BCUT2D eigenvalue weighted by Gasteiger charge is -2.10. The Labute approximate surface area is 205 Å². The maximum absolute atomic E-state index is 11.8. The Morgan fingerprint density at radius 1 is 0.800 bits per heavy atom. The number of unbranched alkanes of at least 4 members (excludes halogenated alkanes) is 2. The molecule has 0 saturated carbocycles. The van der Waals surface area contributed by atoms with Gasteiger partial charge in [0.1, 0.15) is 0 Å². The summed E-state index contributed by atoms with van der Waals surface area (Å²) in [6, 6.07) is 7.36. The van der Waals surface area contributed by atoms with Gasteiger partial charge in [0.2, 0.25) is 0 Å². The van der Waals surface area contributed by atoms with Crippen LogP contribution in [0.2, 0.25) is 0 Å². The van der Waals surface area contributed by atoms with Gasteiger partial charge in [0.05, 0.1) is 26.4 Å². The highest BCUT2D eigenvalue weighted by Gasteiger charge is 2.06. The zero-order valence-electron chi connectivity index (χ0n) is 20.1. The highest BCUT2D eigenvalue weighted by molar-refractivity contribution is 5.86. The van der Waals surface area contributed by atoms with E-state index in [1.165, 1.54) is 0 Å². The van der Waals surface area contributed by atoms with Gasteiger partial charge in [0, 0.05) is 24.7 Å². The average Bonchev–Trinajstić information content (AvgIpc) is 2.85. The van der Waals surface area contributed by atoms with Gasteiger partial charge in [-0.15, -0.1) is 0 Å². The van der Waals surface area contributed by atoms with E-state index in [-0.39, 0.29) is 39.5 Å². The monoisotopic (exact) mass is 490 g/mol. The van der Waals surface area contributed by atoms with Crippen molar-refractivity contribution < 1.29 is 38.1 Å². The highest BCUT2D eigenvalue weighted by atomic mass is 16.6. The van der Waals surface area contributed by atoms with E-state index in [2.05, 4.69) is 23.8 Å². The number of hydrogen-bond acceptors (Lipinski definition) is 8. The van der Waals surface area contributed by atoms with Crippen LogP contribution in [0.3, 0.4) is 0 Å². The van der Waals surface area contributed by atoms with Crippen molar-refractivity contribution in [1.29, 1.82) is 0 Å². The first-order valence-electron chi connectivity index (χ1n) is 11.3. The molecular weight excluding hydrogens is 456 g/mol. The summed E-state index contributed by atoms with van der Waals surface area (Å²) in [5.41, 5.74) is 2.03. The van der Waals surface area contributed by atoms with Crippen LogP contribution >= 0.6 is 0 Å². The topological polar surface area (TPSA) is 129 Å². The fourth-order valence-electron chi connectivity index (χ4n) is 2.56. The molecule has 2 amide bonds. The van der Waals surface area contributed by atoms with Gasteiger partial charge in [-0.1, -0.05) is 37.4 Å². The molecule has 0 spiro atoms. The third-order valence-electron chi connectivity index (χ3n) is 4.40. The van der Waals surface area contributed by atoms with Gasteiger partial charge < -0.3 is 29.6 Å². The van der Waals surface area contributed by atoms with Gasteiger partial charge in [-0.2, -0.15) is 0 Å². The number of alkyl carbamates (subject to hydrolysis) is 2. The van der Waals surface area contributed by atoms with Gasteiger partial charge in [0.15, 0.2) is 0 Å². The number of benzene rings is 1. The van der Waals surface area contributed by atoms with Crippen molar-refractivity contribution in [3.8, 4) is 0 Å². The molecule has 0 heterocycles. The Morgan fingerprint density at radius 2 is 1.26 bits per heavy atom. The second-order valence-electron chi connectivity index (χ2n) is 7.50. The number of hydrogen-bond donors (Lipinski definition) is 2. The smallest absolute Gasteiger partial charge is 0.407 e. The normalized spacial score (nSPS) is 9.97. The van der Waals surface area contributed by atoms with Crippen LogP contribution in [0, 0.1) is 0 Å². The lowest BCUT2D eigenvalue weighted by atomic mass is 10.1. The van der Waals surface area contributed by atoms with Crippen LogP contribution < -0.4 is 10.6 Å². The van der Waals surface area contributed by atoms with Crippen LogP contribution in [0.1, 0.15) is 43.7 Å². The van der Waals surface area contributed by atoms with E-state index in [0.717, 1.165) is 17.2 Å². The van der Waals surface area contributed by atoms with Crippen molar-refractivity contribution in [3.63, 3.8) is 0 Å². The predicted molar refractivity (Wildman–Crippen MR) is 128 cm³/mol. The van der Waals surface area contributed by atoms with Crippen molar-refractivity contribution in [1.82, 2.24) is 10.6 Å². The molecule has 0 unspecified atom stereocenters. The quantitative estimate of drug-likeness (QED) is 0.156. The fraction of sp³-hybridized carbons (Fsp3) is 0.440. The minimum absolute atomic E-state index is 0.211. The molecule has 1 rings (SSSR count). The molecule has 0 aliphatic carbocycles. The lowest BCUT2D eigenvalue weighted by Crippen LogP contribution is -2.25. The zero-order chi connectivity index (χ0) is 25.9. The second-order valence-corrected chi connectivity index (χ2v) is 7.50. The van der Waals surface area contributed by atoms with Crippen LogP contribution in [-0.2, 0) is 41.6 Å². The molecule has 0 atom stereocenters. The van der Waals surface area contributed by atoms with E-state index >= 15 is 0 Å². The number of carbonyl (C=O) groups is 4. The van der Waals surface area contributed by atoms with Crippen LogP contribution in [0.15, 0.2) is 49.1 Å². The number of carbonyl (C=O) groups excluding carboxylic acids is 4. The third-order valence-corrected chi connectivity index (χ3v) is 4.40. The molecule has 192 valence electrons. The molecule has 0 fully saturated rings. The van der Waals surface area contributed by atoms with E-state index in [0.29, 0.717) is 31.3 Å². The Bertz CT molecular complexity index is 869. The molecule has 0 bridgehead atoms. The first-order valence-corrected chi connectivity index (χ1v) is 11.3. The molecular formula is C25H34N2O8. The molecule has 1 aromatic rings. The Kier molecular flexibility index (Phi) is 14.7. The van der Waals surface area contributed by atoms with Gasteiger partial charge in [0.25, 0.3) is 0 Å². The molecule has 0 saturated heterocycles. The van der Waals surface area contributed by atoms with E-state index < -0.39 is 24.1 Å². The zero-order valence-corrected chi connectivity index (χ0v) is 20.1. The Morgan fingerprint density at radius 3 is 1.71 bits per heavy atom. The molecule has 1 aromatic carbocycles. The minimum Gasteiger partial charge on any atom is -0.463 e. The van der Waals surface area contributed by atoms with Crippen LogP contribution in [0.5, 0.6) is 0 Å². The highest BCUT2D eigenvalue weighted by Crippen LogP contribution is 2.06. The maximum atomic E-state index is 11.8. The van der Waals surface area contributed by atoms with E-state index in [1.807, 2.05) is 24.3 Å². The number of nitrogens with one attached hydrogen (secondary N) is 2. The fourth-order valence-corrected chi connectivity index (χ4v) is 2.56. The van der Waals surface area contributed by atoms with Crippen molar-refractivity contribution in [2.24, 2.45) is 0 Å². The van der Waals surface area contributed by atoms with Gasteiger partial charge in [-0.3, -0.25) is 0 Å². The van der Waals surface area contributed by atoms with Gasteiger partial charge in [-0.25, -0.2) is 19.2 Å². The van der Waals surface area contributed by atoms with Crippen molar-refractivity contribution >= 4 is 24.1 Å². The van der Waals surface area contributed by atoms with E-state index in [1.54, 1.807) is 6.92 Å². The number of esters is 2. The maximum Gasteiger partial charge on any atom is 0.407 e. The first kappa shape index (κ1) is 29.2. The summed E-state index contributed by atoms with van der Waals surface area (Å²) in [5, 5.41) is 5.32. The van der Waals surface area contributed by atoms with Crippen molar-refractivity contribution in [2.45, 2.75) is 45.7 Å².